The van der Waals surface area contributed by atoms with Crippen molar-refractivity contribution >= 4 is 28.3 Å². The highest BCUT2D eigenvalue weighted by Crippen LogP contribution is 2.36. The fraction of sp³-hybridized carbons (Fsp3) is 0.200. The van der Waals surface area contributed by atoms with Crippen molar-refractivity contribution < 1.29 is 18.2 Å². The minimum absolute atomic E-state index is 0.0907. The van der Waals surface area contributed by atoms with E-state index in [0.717, 1.165) is 18.4 Å². The molecular weight excluding hydrogens is 427 g/mol. The van der Waals surface area contributed by atoms with Crippen LogP contribution in [0.25, 0.3) is 0 Å². The molecule has 1 saturated heterocycles. The lowest BCUT2D eigenvalue weighted by Crippen LogP contribution is -2.31. The number of halogens is 1. The molecule has 0 aliphatic carbocycles. The predicted molar refractivity (Wildman–Crippen MR) is 120 cm³/mol. The van der Waals surface area contributed by atoms with Gasteiger partial charge in [-0.05, 0) is 60.9 Å². The number of hydrogen-bond donors (Lipinski definition) is 0. The smallest absolute Gasteiger partial charge is 0.259 e. The summed E-state index contributed by atoms with van der Waals surface area (Å²) in [6.07, 6.45) is 1.95. The van der Waals surface area contributed by atoms with Crippen molar-refractivity contribution in [3.8, 4) is 0 Å². The van der Waals surface area contributed by atoms with Gasteiger partial charge in [-0.15, -0.1) is 0 Å². The highest BCUT2D eigenvalue weighted by atomic mass is 32.2. The van der Waals surface area contributed by atoms with Crippen LogP contribution in [-0.4, -0.2) is 34.0 Å². The van der Waals surface area contributed by atoms with E-state index in [-0.39, 0.29) is 24.2 Å². The molecule has 3 aromatic carbocycles. The standard InChI is InChI=1S/C25H21FN2O3S/c26-19-10-7-17(8-11-19)16-28-21-15-18(24(29)27-13-3-4-14-27)9-12-23(21)32(31)22-6-2-1-5-20(22)25(28)30/h1-2,5-12,15H,3-4,13-14,16H2. The Kier molecular flexibility index (Phi) is 5.35. The molecule has 0 spiro atoms. The molecule has 2 aliphatic heterocycles. The second-order valence-corrected chi connectivity index (χ2v) is 9.38. The first-order valence-corrected chi connectivity index (χ1v) is 11.7. The Bertz CT molecular complexity index is 1240. The van der Waals surface area contributed by atoms with Gasteiger partial charge in [0.1, 0.15) is 5.82 Å². The molecule has 2 amide bonds. The number of fused-ring (bicyclic) bond motifs is 2. The zero-order valence-electron chi connectivity index (χ0n) is 17.3. The maximum absolute atomic E-state index is 13.6. The van der Waals surface area contributed by atoms with Crippen molar-refractivity contribution in [2.75, 3.05) is 18.0 Å². The van der Waals surface area contributed by atoms with E-state index in [2.05, 4.69) is 0 Å². The fourth-order valence-corrected chi connectivity index (χ4v) is 5.57. The van der Waals surface area contributed by atoms with Crippen molar-refractivity contribution in [2.24, 2.45) is 0 Å². The minimum Gasteiger partial charge on any atom is -0.339 e. The first kappa shape index (κ1) is 20.6. The molecule has 2 heterocycles. The Morgan fingerprint density at radius 3 is 2.41 bits per heavy atom. The maximum atomic E-state index is 13.6. The Morgan fingerprint density at radius 1 is 0.938 bits per heavy atom. The first-order valence-electron chi connectivity index (χ1n) is 10.5. The van der Waals surface area contributed by atoms with Crippen LogP contribution in [0, 0.1) is 5.82 Å². The summed E-state index contributed by atoms with van der Waals surface area (Å²) in [6, 6.07) is 17.8. The highest BCUT2D eigenvalue weighted by molar-refractivity contribution is 7.85. The van der Waals surface area contributed by atoms with E-state index in [1.54, 1.807) is 59.5 Å². The number of amides is 2. The molecular formula is C25H21FN2O3S. The molecule has 5 nitrogen and oxygen atoms in total. The monoisotopic (exact) mass is 448 g/mol. The summed E-state index contributed by atoms with van der Waals surface area (Å²) >= 11 is 0. The molecule has 1 atom stereocenters. The number of anilines is 1. The quantitative estimate of drug-likeness (QED) is 0.597. The number of likely N-dealkylation sites (tertiary alicyclic amines) is 1. The molecule has 0 aromatic heterocycles. The number of benzene rings is 3. The van der Waals surface area contributed by atoms with Gasteiger partial charge in [0.15, 0.2) is 0 Å². The lowest BCUT2D eigenvalue weighted by molar-refractivity contribution is 0.0792. The number of carbonyl (C=O) groups excluding carboxylic acids is 2. The summed E-state index contributed by atoms with van der Waals surface area (Å²) in [5.41, 5.74) is 1.99. The SMILES string of the molecule is O=C(c1ccc2c(c1)N(Cc1ccc(F)cc1)C(=O)c1ccccc1S2=O)N1CCCC1. The Balaban J connectivity index is 1.64. The van der Waals surface area contributed by atoms with Crippen LogP contribution >= 0.6 is 0 Å². The van der Waals surface area contributed by atoms with Gasteiger partial charge in [-0.3, -0.25) is 9.59 Å². The van der Waals surface area contributed by atoms with E-state index in [1.807, 2.05) is 0 Å². The third kappa shape index (κ3) is 3.62. The van der Waals surface area contributed by atoms with E-state index < -0.39 is 10.8 Å². The molecule has 32 heavy (non-hydrogen) atoms. The van der Waals surface area contributed by atoms with Gasteiger partial charge in [-0.2, -0.15) is 0 Å². The van der Waals surface area contributed by atoms with Crippen LogP contribution in [0.4, 0.5) is 10.1 Å². The van der Waals surface area contributed by atoms with Gasteiger partial charge >= 0.3 is 0 Å². The van der Waals surface area contributed by atoms with Crippen LogP contribution < -0.4 is 4.90 Å². The third-order valence-corrected chi connectivity index (χ3v) is 7.41. The lowest BCUT2D eigenvalue weighted by atomic mass is 10.1. The highest BCUT2D eigenvalue weighted by Gasteiger charge is 2.32. The fourth-order valence-electron chi connectivity index (χ4n) is 4.23. The summed E-state index contributed by atoms with van der Waals surface area (Å²) in [5, 5.41) is 0. The molecule has 0 bridgehead atoms. The van der Waals surface area contributed by atoms with Crippen LogP contribution in [0.5, 0.6) is 0 Å². The first-order chi connectivity index (χ1) is 15.5. The second kappa shape index (κ2) is 8.31. The van der Waals surface area contributed by atoms with Crippen molar-refractivity contribution in [3.05, 3.63) is 89.2 Å². The Hall–Kier alpha value is -3.32. The van der Waals surface area contributed by atoms with Gasteiger partial charge in [-0.1, -0.05) is 24.3 Å². The maximum Gasteiger partial charge on any atom is 0.259 e. The van der Waals surface area contributed by atoms with Gasteiger partial charge in [0.05, 0.1) is 38.4 Å². The van der Waals surface area contributed by atoms with E-state index in [1.165, 1.54) is 17.0 Å². The van der Waals surface area contributed by atoms with Gasteiger partial charge in [0.2, 0.25) is 0 Å². The van der Waals surface area contributed by atoms with Crippen LogP contribution in [0.2, 0.25) is 0 Å². The normalized spacial score (nSPS) is 17.7. The predicted octanol–water partition coefficient (Wildman–Crippen LogP) is 4.39. The molecule has 1 unspecified atom stereocenters. The Morgan fingerprint density at radius 2 is 1.66 bits per heavy atom. The Labute approximate surface area is 187 Å². The average molecular weight is 449 g/mol. The topological polar surface area (TPSA) is 57.7 Å². The van der Waals surface area contributed by atoms with E-state index in [0.29, 0.717) is 39.7 Å². The molecule has 3 aromatic rings. The lowest BCUT2D eigenvalue weighted by Gasteiger charge is -2.24. The van der Waals surface area contributed by atoms with Crippen molar-refractivity contribution in [1.82, 2.24) is 4.90 Å². The summed E-state index contributed by atoms with van der Waals surface area (Å²) in [5.74, 6) is -0.754. The molecule has 0 N–H and O–H groups in total. The number of nitrogens with zero attached hydrogens (tertiary/aromatic N) is 2. The number of carbonyl (C=O) groups is 2. The molecule has 162 valence electrons. The van der Waals surface area contributed by atoms with Gasteiger partial charge in [-0.25, -0.2) is 8.60 Å². The van der Waals surface area contributed by atoms with E-state index in [4.69, 9.17) is 0 Å². The molecule has 1 fully saturated rings. The van der Waals surface area contributed by atoms with Crippen molar-refractivity contribution in [2.45, 2.75) is 29.2 Å². The molecule has 0 saturated carbocycles. The summed E-state index contributed by atoms with van der Waals surface area (Å²) in [7, 11) is -1.58. The van der Waals surface area contributed by atoms with E-state index >= 15 is 0 Å². The number of rotatable bonds is 3. The van der Waals surface area contributed by atoms with Gasteiger partial charge in [0.25, 0.3) is 11.8 Å². The minimum atomic E-state index is -1.58. The van der Waals surface area contributed by atoms with Crippen LogP contribution in [0.15, 0.2) is 76.5 Å². The third-order valence-electron chi connectivity index (χ3n) is 5.91. The van der Waals surface area contributed by atoms with Crippen molar-refractivity contribution in [1.29, 1.82) is 0 Å². The van der Waals surface area contributed by atoms with E-state index in [9.17, 15) is 18.2 Å². The molecule has 5 rings (SSSR count). The largest absolute Gasteiger partial charge is 0.339 e. The molecule has 0 radical (unpaired) electrons. The summed E-state index contributed by atoms with van der Waals surface area (Å²) < 4.78 is 26.9. The molecule has 2 aliphatic rings. The zero-order chi connectivity index (χ0) is 22.2. The zero-order valence-corrected chi connectivity index (χ0v) is 18.1. The van der Waals surface area contributed by atoms with Crippen LogP contribution in [0.1, 0.15) is 39.1 Å². The summed E-state index contributed by atoms with van der Waals surface area (Å²) in [6.45, 7) is 1.59. The van der Waals surface area contributed by atoms with Crippen molar-refractivity contribution in [3.63, 3.8) is 0 Å². The van der Waals surface area contributed by atoms with Crippen LogP contribution in [0.3, 0.4) is 0 Å². The van der Waals surface area contributed by atoms with Gasteiger partial charge in [0, 0.05) is 18.7 Å². The average Bonchev–Trinajstić information content (AvgIpc) is 3.35. The second-order valence-electron chi connectivity index (χ2n) is 7.96. The summed E-state index contributed by atoms with van der Waals surface area (Å²) in [4.78, 5) is 30.8. The van der Waals surface area contributed by atoms with Crippen LogP contribution in [-0.2, 0) is 17.3 Å². The molecule has 7 heteroatoms. The van der Waals surface area contributed by atoms with Gasteiger partial charge < -0.3 is 9.80 Å². The number of hydrogen-bond acceptors (Lipinski definition) is 3.